The standard InChI is InChI=1S/C11H9BrN6/c1-6-16-8-3-2-7(12)4-9(8)18(6)11-15-5-14-10(13)17-11/h2-5H,1H3,(H2,13,14,15,17). The van der Waals surface area contributed by atoms with Gasteiger partial charge in [0.2, 0.25) is 11.9 Å². The Morgan fingerprint density at radius 2 is 2.06 bits per heavy atom. The Hall–Kier alpha value is -2.02. The molecule has 0 radical (unpaired) electrons. The number of hydrogen-bond donors (Lipinski definition) is 1. The summed E-state index contributed by atoms with van der Waals surface area (Å²) in [6.45, 7) is 1.90. The van der Waals surface area contributed by atoms with Crippen molar-refractivity contribution in [2.75, 3.05) is 5.73 Å². The Labute approximate surface area is 111 Å². The number of aryl methyl sites for hydroxylation is 1. The molecule has 2 aromatic heterocycles. The molecule has 0 aliphatic carbocycles. The van der Waals surface area contributed by atoms with Gasteiger partial charge in [0.25, 0.3) is 0 Å². The summed E-state index contributed by atoms with van der Waals surface area (Å²) in [5.41, 5.74) is 7.39. The number of imidazole rings is 1. The van der Waals surface area contributed by atoms with Gasteiger partial charge in [-0.3, -0.25) is 4.57 Å². The maximum absolute atomic E-state index is 5.58. The van der Waals surface area contributed by atoms with Crippen LogP contribution in [0.4, 0.5) is 5.95 Å². The van der Waals surface area contributed by atoms with Crippen LogP contribution in [-0.4, -0.2) is 24.5 Å². The largest absolute Gasteiger partial charge is 0.368 e. The Kier molecular flexibility index (Phi) is 2.48. The number of hydrogen-bond acceptors (Lipinski definition) is 5. The van der Waals surface area contributed by atoms with Crippen molar-refractivity contribution in [2.24, 2.45) is 0 Å². The lowest BCUT2D eigenvalue weighted by Gasteiger charge is -2.04. The van der Waals surface area contributed by atoms with E-state index in [2.05, 4.69) is 35.9 Å². The molecule has 7 heteroatoms. The predicted octanol–water partition coefficient (Wildman–Crippen LogP) is 1.86. The molecule has 90 valence electrons. The molecule has 2 heterocycles. The molecule has 3 aromatic rings. The average Bonchev–Trinajstić information content (AvgIpc) is 2.64. The molecule has 0 atom stereocenters. The molecule has 18 heavy (non-hydrogen) atoms. The van der Waals surface area contributed by atoms with Gasteiger partial charge in [0, 0.05) is 4.47 Å². The third-order valence-electron chi connectivity index (χ3n) is 2.56. The second-order valence-electron chi connectivity index (χ2n) is 3.77. The minimum Gasteiger partial charge on any atom is -0.368 e. The molecule has 0 spiro atoms. The molecule has 0 saturated carbocycles. The number of nitrogens with two attached hydrogens (primary N) is 1. The van der Waals surface area contributed by atoms with Gasteiger partial charge in [-0.2, -0.15) is 4.98 Å². The summed E-state index contributed by atoms with van der Waals surface area (Å²) in [4.78, 5) is 16.5. The Morgan fingerprint density at radius 1 is 1.22 bits per heavy atom. The number of aromatic nitrogens is 5. The molecule has 0 unspecified atom stereocenters. The lowest BCUT2D eigenvalue weighted by Crippen LogP contribution is -2.06. The van der Waals surface area contributed by atoms with E-state index in [9.17, 15) is 0 Å². The van der Waals surface area contributed by atoms with E-state index in [1.807, 2.05) is 29.7 Å². The number of nitrogens with zero attached hydrogens (tertiary/aromatic N) is 5. The van der Waals surface area contributed by atoms with Crippen molar-refractivity contribution < 1.29 is 0 Å². The second kappa shape index (κ2) is 4.02. The molecule has 2 N–H and O–H groups in total. The Bertz CT molecular complexity index is 735. The first-order valence-corrected chi connectivity index (χ1v) is 6.04. The van der Waals surface area contributed by atoms with Crippen LogP contribution in [0.1, 0.15) is 5.82 Å². The third kappa shape index (κ3) is 1.72. The number of anilines is 1. The highest BCUT2D eigenvalue weighted by Crippen LogP contribution is 2.22. The molecule has 0 fully saturated rings. The van der Waals surface area contributed by atoms with Gasteiger partial charge in [0.05, 0.1) is 11.0 Å². The smallest absolute Gasteiger partial charge is 0.240 e. The van der Waals surface area contributed by atoms with E-state index in [0.29, 0.717) is 5.95 Å². The van der Waals surface area contributed by atoms with Crippen molar-refractivity contribution in [3.63, 3.8) is 0 Å². The SMILES string of the molecule is Cc1nc2ccc(Br)cc2n1-c1ncnc(N)n1. The summed E-state index contributed by atoms with van der Waals surface area (Å²) < 4.78 is 2.82. The van der Waals surface area contributed by atoms with E-state index >= 15 is 0 Å². The van der Waals surface area contributed by atoms with Crippen LogP contribution in [0, 0.1) is 6.92 Å². The predicted molar refractivity (Wildman–Crippen MR) is 71.3 cm³/mol. The zero-order chi connectivity index (χ0) is 12.7. The van der Waals surface area contributed by atoms with E-state index in [4.69, 9.17) is 5.73 Å². The van der Waals surface area contributed by atoms with Crippen LogP contribution in [0.15, 0.2) is 29.0 Å². The molecule has 0 aliphatic rings. The minimum atomic E-state index is 0.191. The highest BCUT2D eigenvalue weighted by atomic mass is 79.9. The van der Waals surface area contributed by atoms with Crippen LogP contribution in [0.2, 0.25) is 0 Å². The Balaban J connectivity index is 2.34. The van der Waals surface area contributed by atoms with Crippen molar-refractivity contribution >= 4 is 32.9 Å². The minimum absolute atomic E-state index is 0.191. The monoisotopic (exact) mass is 304 g/mol. The second-order valence-corrected chi connectivity index (χ2v) is 4.69. The highest BCUT2D eigenvalue weighted by Gasteiger charge is 2.11. The summed E-state index contributed by atoms with van der Waals surface area (Å²) in [7, 11) is 0. The van der Waals surface area contributed by atoms with E-state index in [-0.39, 0.29) is 5.95 Å². The number of rotatable bonds is 1. The quantitative estimate of drug-likeness (QED) is 0.742. The van der Waals surface area contributed by atoms with Crippen molar-refractivity contribution in [1.29, 1.82) is 0 Å². The van der Waals surface area contributed by atoms with Crippen LogP contribution >= 0.6 is 15.9 Å². The van der Waals surface area contributed by atoms with E-state index in [1.54, 1.807) is 0 Å². The van der Waals surface area contributed by atoms with E-state index < -0.39 is 0 Å². The average molecular weight is 305 g/mol. The van der Waals surface area contributed by atoms with E-state index in [0.717, 1.165) is 21.3 Å². The number of nitrogen functional groups attached to an aromatic ring is 1. The van der Waals surface area contributed by atoms with Gasteiger partial charge in [-0.25, -0.2) is 15.0 Å². The molecular weight excluding hydrogens is 296 g/mol. The van der Waals surface area contributed by atoms with Gasteiger partial charge < -0.3 is 5.73 Å². The molecular formula is C11H9BrN6. The van der Waals surface area contributed by atoms with Crippen LogP contribution in [-0.2, 0) is 0 Å². The van der Waals surface area contributed by atoms with Gasteiger partial charge in [0.1, 0.15) is 12.2 Å². The molecule has 0 saturated heterocycles. The normalized spacial score (nSPS) is 11.0. The van der Waals surface area contributed by atoms with Gasteiger partial charge in [-0.1, -0.05) is 15.9 Å². The number of halogens is 1. The molecule has 1 aromatic carbocycles. The van der Waals surface area contributed by atoms with Crippen molar-refractivity contribution in [3.05, 3.63) is 34.8 Å². The summed E-state index contributed by atoms with van der Waals surface area (Å²) in [6.07, 6.45) is 1.39. The van der Waals surface area contributed by atoms with Gasteiger partial charge in [-0.15, -0.1) is 0 Å². The third-order valence-corrected chi connectivity index (χ3v) is 3.06. The van der Waals surface area contributed by atoms with Gasteiger partial charge in [-0.05, 0) is 25.1 Å². The van der Waals surface area contributed by atoms with Gasteiger partial charge >= 0.3 is 0 Å². The lowest BCUT2D eigenvalue weighted by atomic mass is 10.3. The highest BCUT2D eigenvalue weighted by molar-refractivity contribution is 9.10. The molecule has 0 amide bonds. The van der Waals surface area contributed by atoms with Crippen molar-refractivity contribution in [3.8, 4) is 5.95 Å². The number of fused-ring (bicyclic) bond motifs is 1. The molecule has 6 nitrogen and oxygen atoms in total. The van der Waals surface area contributed by atoms with Crippen molar-refractivity contribution in [1.82, 2.24) is 24.5 Å². The first kappa shape index (κ1) is 11.1. The Morgan fingerprint density at radius 3 is 2.83 bits per heavy atom. The zero-order valence-electron chi connectivity index (χ0n) is 9.50. The molecule has 0 bridgehead atoms. The summed E-state index contributed by atoms with van der Waals surface area (Å²) in [5.74, 6) is 1.46. The van der Waals surface area contributed by atoms with Crippen LogP contribution in [0.25, 0.3) is 17.0 Å². The fourth-order valence-corrected chi connectivity index (χ4v) is 2.18. The first-order chi connectivity index (χ1) is 8.65. The topological polar surface area (TPSA) is 82.5 Å². The van der Waals surface area contributed by atoms with E-state index in [1.165, 1.54) is 6.33 Å². The maximum atomic E-state index is 5.58. The van der Waals surface area contributed by atoms with Crippen molar-refractivity contribution in [2.45, 2.75) is 6.92 Å². The lowest BCUT2D eigenvalue weighted by molar-refractivity contribution is 0.885. The first-order valence-electron chi connectivity index (χ1n) is 5.24. The molecule has 0 aliphatic heterocycles. The molecule has 3 rings (SSSR count). The fraction of sp³-hybridized carbons (Fsp3) is 0.0909. The summed E-state index contributed by atoms with van der Waals surface area (Å²) in [6, 6.07) is 5.85. The van der Waals surface area contributed by atoms with Crippen LogP contribution < -0.4 is 5.73 Å². The zero-order valence-corrected chi connectivity index (χ0v) is 11.1. The number of benzene rings is 1. The maximum Gasteiger partial charge on any atom is 0.240 e. The van der Waals surface area contributed by atoms with Crippen LogP contribution in [0.5, 0.6) is 0 Å². The fourth-order valence-electron chi connectivity index (χ4n) is 1.83. The van der Waals surface area contributed by atoms with Gasteiger partial charge in [0.15, 0.2) is 0 Å². The summed E-state index contributed by atoms with van der Waals surface area (Å²) >= 11 is 3.44. The summed E-state index contributed by atoms with van der Waals surface area (Å²) in [5, 5.41) is 0. The van der Waals surface area contributed by atoms with Crippen LogP contribution in [0.3, 0.4) is 0 Å².